The number of hydrogen-bond acceptors (Lipinski definition) is 3. The summed E-state index contributed by atoms with van der Waals surface area (Å²) in [5, 5.41) is 9.31. The Morgan fingerprint density at radius 2 is 1.81 bits per heavy atom. The zero-order valence-corrected chi connectivity index (χ0v) is 12.9. The summed E-state index contributed by atoms with van der Waals surface area (Å²) < 4.78 is 0. The Bertz CT molecular complexity index is 408. The molecule has 5 nitrogen and oxygen atoms in total. The number of rotatable bonds is 4. The highest BCUT2D eigenvalue weighted by Crippen LogP contribution is 2.32. The van der Waals surface area contributed by atoms with Gasteiger partial charge >= 0.3 is 0 Å². The summed E-state index contributed by atoms with van der Waals surface area (Å²) in [7, 11) is 0. The lowest BCUT2D eigenvalue weighted by atomic mass is 9.77. The molecule has 3 N–H and O–H groups in total. The fraction of sp³-hybridized carbons (Fsp3) is 0.875. The molecule has 0 radical (unpaired) electrons. The van der Waals surface area contributed by atoms with Gasteiger partial charge in [0.05, 0.1) is 6.04 Å². The molecule has 0 aromatic carbocycles. The Hall–Kier alpha value is -1.10. The van der Waals surface area contributed by atoms with Crippen LogP contribution in [0.15, 0.2) is 0 Å². The smallest absolute Gasteiger partial charge is 0.242 e. The van der Waals surface area contributed by atoms with Gasteiger partial charge in [0.1, 0.15) is 6.04 Å². The highest BCUT2D eigenvalue weighted by atomic mass is 16.2. The van der Waals surface area contributed by atoms with E-state index in [2.05, 4.69) is 16.0 Å². The second-order valence-corrected chi connectivity index (χ2v) is 6.96. The van der Waals surface area contributed by atoms with E-state index in [4.69, 9.17) is 0 Å². The lowest BCUT2D eigenvalue weighted by Crippen LogP contribution is -2.57. The van der Waals surface area contributed by atoms with E-state index < -0.39 is 6.04 Å². The van der Waals surface area contributed by atoms with Crippen molar-refractivity contribution in [3.8, 4) is 0 Å². The summed E-state index contributed by atoms with van der Waals surface area (Å²) in [6.07, 6.45) is 9.25. The molecular weight excluding hydrogens is 266 g/mol. The summed E-state index contributed by atoms with van der Waals surface area (Å²) in [5.41, 5.74) is 0. The van der Waals surface area contributed by atoms with E-state index in [1.807, 2.05) is 0 Å². The zero-order valence-electron chi connectivity index (χ0n) is 12.9. The van der Waals surface area contributed by atoms with Crippen LogP contribution in [0.4, 0.5) is 0 Å². The number of fused-ring (bicyclic) bond motifs is 1. The Labute approximate surface area is 126 Å². The van der Waals surface area contributed by atoms with Crippen LogP contribution in [0.1, 0.15) is 58.3 Å². The highest BCUT2D eigenvalue weighted by Gasteiger charge is 2.35. The Morgan fingerprint density at radius 3 is 2.57 bits per heavy atom. The van der Waals surface area contributed by atoms with Crippen LogP contribution in [0.25, 0.3) is 0 Å². The molecule has 3 rings (SSSR count). The van der Waals surface area contributed by atoms with Gasteiger partial charge in [-0.15, -0.1) is 0 Å². The maximum absolute atomic E-state index is 12.3. The van der Waals surface area contributed by atoms with E-state index in [0.29, 0.717) is 12.1 Å². The molecule has 2 saturated carbocycles. The van der Waals surface area contributed by atoms with Gasteiger partial charge in [0.25, 0.3) is 0 Å². The molecule has 1 heterocycles. The Morgan fingerprint density at radius 1 is 1.05 bits per heavy atom. The van der Waals surface area contributed by atoms with Crippen LogP contribution < -0.4 is 16.0 Å². The summed E-state index contributed by atoms with van der Waals surface area (Å²) in [6.45, 7) is 1.77. The second kappa shape index (κ2) is 6.34. The topological polar surface area (TPSA) is 70.2 Å². The van der Waals surface area contributed by atoms with Crippen LogP contribution in [-0.4, -0.2) is 36.0 Å². The van der Waals surface area contributed by atoms with Crippen molar-refractivity contribution < 1.29 is 9.59 Å². The van der Waals surface area contributed by atoms with E-state index in [1.165, 1.54) is 25.7 Å². The van der Waals surface area contributed by atoms with Gasteiger partial charge in [0, 0.05) is 12.1 Å². The molecule has 3 aliphatic rings. The van der Waals surface area contributed by atoms with Crippen molar-refractivity contribution in [3.05, 3.63) is 0 Å². The minimum atomic E-state index is -0.441. The van der Waals surface area contributed by atoms with Crippen molar-refractivity contribution in [2.75, 3.05) is 0 Å². The quantitative estimate of drug-likeness (QED) is 0.726. The van der Waals surface area contributed by atoms with Gasteiger partial charge in [-0.3, -0.25) is 9.59 Å². The molecule has 0 bridgehead atoms. The van der Waals surface area contributed by atoms with Crippen molar-refractivity contribution in [1.82, 2.24) is 16.0 Å². The minimum Gasteiger partial charge on any atom is -0.352 e. The van der Waals surface area contributed by atoms with Crippen LogP contribution in [0.3, 0.4) is 0 Å². The van der Waals surface area contributed by atoms with Crippen molar-refractivity contribution in [3.63, 3.8) is 0 Å². The summed E-state index contributed by atoms with van der Waals surface area (Å²) in [4.78, 5) is 24.2. The average molecular weight is 293 g/mol. The van der Waals surface area contributed by atoms with Crippen LogP contribution >= 0.6 is 0 Å². The highest BCUT2D eigenvalue weighted by molar-refractivity contribution is 5.89. The number of amides is 2. The summed E-state index contributed by atoms with van der Waals surface area (Å²) in [6, 6.07) is 0.274. The molecule has 0 aromatic heterocycles. The van der Waals surface area contributed by atoms with E-state index in [1.54, 1.807) is 6.92 Å². The Kier molecular flexibility index (Phi) is 4.48. The predicted molar refractivity (Wildman–Crippen MR) is 80.7 cm³/mol. The van der Waals surface area contributed by atoms with Gasteiger partial charge in [-0.25, -0.2) is 0 Å². The molecule has 0 spiro atoms. The molecule has 1 saturated heterocycles. The van der Waals surface area contributed by atoms with Crippen molar-refractivity contribution >= 4 is 11.8 Å². The molecule has 4 unspecified atom stereocenters. The van der Waals surface area contributed by atoms with Gasteiger partial charge in [-0.05, 0) is 51.4 Å². The van der Waals surface area contributed by atoms with Crippen molar-refractivity contribution in [1.29, 1.82) is 0 Å². The van der Waals surface area contributed by atoms with Crippen molar-refractivity contribution in [2.45, 2.75) is 82.5 Å². The fourth-order valence-corrected chi connectivity index (χ4v) is 3.64. The lowest BCUT2D eigenvalue weighted by Gasteiger charge is -2.40. The first-order valence-corrected chi connectivity index (χ1v) is 8.50. The van der Waals surface area contributed by atoms with Crippen LogP contribution in [-0.2, 0) is 9.59 Å². The minimum absolute atomic E-state index is 0.0162. The van der Waals surface area contributed by atoms with Crippen LogP contribution in [0.5, 0.6) is 0 Å². The normalized spacial score (nSPS) is 33.7. The van der Waals surface area contributed by atoms with Gasteiger partial charge in [0.15, 0.2) is 0 Å². The molecule has 21 heavy (non-hydrogen) atoms. The molecule has 4 atom stereocenters. The number of hydrogen-bond donors (Lipinski definition) is 3. The average Bonchev–Trinajstić information content (AvgIpc) is 3.30. The molecular formula is C16H27N3O2. The molecule has 0 aromatic rings. The maximum Gasteiger partial charge on any atom is 0.242 e. The molecule has 118 valence electrons. The van der Waals surface area contributed by atoms with Gasteiger partial charge in [0.2, 0.25) is 11.8 Å². The summed E-state index contributed by atoms with van der Waals surface area (Å²) >= 11 is 0. The number of piperidine rings is 1. The zero-order chi connectivity index (χ0) is 14.8. The standard InChI is InChI=1S/C16H27N3O2/c1-10(15(20)18-12-7-8-12)17-16(21)14-9-6-11-4-2-3-5-13(11)19-14/h10-14,19H,2-9H2,1H3,(H,17,21)(H,18,20). The van der Waals surface area contributed by atoms with Crippen LogP contribution in [0, 0.1) is 5.92 Å². The number of carbonyl (C=O) groups is 2. The summed E-state index contributed by atoms with van der Waals surface area (Å²) in [5.74, 6) is 0.674. The largest absolute Gasteiger partial charge is 0.352 e. The van der Waals surface area contributed by atoms with E-state index >= 15 is 0 Å². The Balaban J connectivity index is 1.47. The molecule has 2 aliphatic carbocycles. The molecule has 5 heteroatoms. The van der Waals surface area contributed by atoms with Gasteiger partial charge < -0.3 is 16.0 Å². The van der Waals surface area contributed by atoms with Crippen molar-refractivity contribution in [2.24, 2.45) is 5.92 Å². The first kappa shape index (κ1) is 14.8. The lowest BCUT2D eigenvalue weighted by molar-refractivity contribution is -0.130. The third-order valence-electron chi connectivity index (χ3n) is 5.14. The fourth-order valence-electron chi connectivity index (χ4n) is 3.64. The molecule has 1 aliphatic heterocycles. The van der Waals surface area contributed by atoms with E-state index in [-0.39, 0.29) is 17.9 Å². The molecule has 2 amide bonds. The number of nitrogens with one attached hydrogen (secondary N) is 3. The van der Waals surface area contributed by atoms with E-state index in [0.717, 1.165) is 31.6 Å². The van der Waals surface area contributed by atoms with Gasteiger partial charge in [-0.1, -0.05) is 12.8 Å². The second-order valence-electron chi connectivity index (χ2n) is 6.96. The predicted octanol–water partition coefficient (Wildman–Crippen LogP) is 1.08. The number of carbonyl (C=O) groups excluding carboxylic acids is 2. The molecule has 3 fully saturated rings. The monoisotopic (exact) mass is 293 g/mol. The van der Waals surface area contributed by atoms with Gasteiger partial charge in [-0.2, -0.15) is 0 Å². The first-order valence-electron chi connectivity index (χ1n) is 8.50. The SMILES string of the molecule is CC(NC(=O)C1CCC2CCCCC2N1)C(=O)NC1CC1. The van der Waals surface area contributed by atoms with Crippen LogP contribution in [0.2, 0.25) is 0 Å². The first-order chi connectivity index (χ1) is 10.1. The maximum atomic E-state index is 12.3. The van der Waals surface area contributed by atoms with E-state index in [9.17, 15) is 9.59 Å². The third-order valence-corrected chi connectivity index (χ3v) is 5.14. The third kappa shape index (κ3) is 3.76.